The molecule has 7 atom stereocenters. The lowest BCUT2D eigenvalue weighted by Crippen LogP contribution is -2.44. The van der Waals surface area contributed by atoms with E-state index < -0.39 is 0 Å². The third kappa shape index (κ3) is 2.98. The number of fused-ring (bicyclic) bond motifs is 2. The van der Waals surface area contributed by atoms with E-state index in [1.165, 1.54) is 25.7 Å². The first-order chi connectivity index (χ1) is 9.15. The normalized spacial score (nSPS) is 47.5. The molecule has 2 aliphatic carbocycles. The average molecular weight is 268 g/mol. The van der Waals surface area contributed by atoms with Gasteiger partial charge in [0.1, 0.15) is 0 Å². The molecule has 0 aromatic rings. The Hall–Kier alpha value is -0.120. The lowest BCUT2D eigenvalue weighted by Gasteiger charge is -2.40. The molecule has 0 aromatic carbocycles. The van der Waals surface area contributed by atoms with E-state index in [1.807, 2.05) is 6.92 Å². The van der Waals surface area contributed by atoms with Gasteiger partial charge in [0.25, 0.3) is 0 Å². The molecule has 110 valence electrons. The van der Waals surface area contributed by atoms with E-state index in [0.29, 0.717) is 12.0 Å². The Morgan fingerprint density at radius 1 is 1.11 bits per heavy atom. The molecule has 0 radical (unpaired) electrons. The van der Waals surface area contributed by atoms with Gasteiger partial charge >= 0.3 is 0 Å². The minimum Gasteiger partial charge on any atom is -0.393 e. The summed E-state index contributed by atoms with van der Waals surface area (Å²) in [7, 11) is 0. The third-order valence-corrected chi connectivity index (χ3v) is 5.38. The summed E-state index contributed by atoms with van der Waals surface area (Å²) < 4.78 is 12.4. The van der Waals surface area contributed by atoms with Crippen molar-refractivity contribution >= 4 is 0 Å². The smallest absolute Gasteiger partial charge is 0.161 e. The Bertz CT molecular complexity index is 304. The molecule has 3 aliphatic rings. The second-order valence-electron chi connectivity index (χ2n) is 6.95. The highest BCUT2D eigenvalue weighted by Crippen LogP contribution is 2.51. The van der Waals surface area contributed by atoms with Gasteiger partial charge < -0.3 is 14.6 Å². The van der Waals surface area contributed by atoms with Crippen LogP contribution < -0.4 is 0 Å². The molecule has 3 heteroatoms. The summed E-state index contributed by atoms with van der Waals surface area (Å²) in [6, 6.07) is 0. The Morgan fingerprint density at radius 3 is 2.47 bits per heavy atom. The van der Waals surface area contributed by atoms with Crippen molar-refractivity contribution in [1.29, 1.82) is 0 Å². The van der Waals surface area contributed by atoms with E-state index in [2.05, 4.69) is 6.92 Å². The summed E-state index contributed by atoms with van der Waals surface area (Å²) in [5.41, 5.74) is 0. The number of ether oxygens (including phenoxy) is 2. The predicted octanol–water partition coefficient (Wildman–Crippen LogP) is 3.10. The van der Waals surface area contributed by atoms with Crippen molar-refractivity contribution in [3.63, 3.8) is 0 Å². The second-order valence-corrected chi connectivity index (χ2v) is 6.95. The summed E-state index contributed by atoms with van der Waals surface area (Å²) in [5.74, 6) is 2.38. The van der Waals surface area contributed by atoms with Crippen molar-refractivity contribution in [2.24, 2.45) is 17.8 Å². The van der Waals surface area contributed by atoms with Crippen LogP contribution >= 0.6 is 0 Å². The minimum atomic E-state index is -0.277. The molecular formula is C16H28O3. The second kappa shape index (κ2) is 5.71. The number of rotatable bonds is 4. The van der Waals surface area contributed by atoms with Crippen LogP contribution in [0.2, 0.25) is 0 Å². The quantitative estimate of drug-likeness (QED) is 0.851. The van der Waals surface area contributed by atoms with Crippen LogP contribution in [0.5, 0.6) is 0 Å². The van der Waals surface area contributed by atoms with Crippen molar-refractivity contribution in [3.8, 4) is 0 Å². The van der Waals surface area contributed by atoms with Crippen molar-refractivity contribution in [2.75, 3.05) is 0 Å². The fourth-order valence-electron chi connectivity index (χ4n) is 4.44. The van der Waals surface area contributed by atoms with Crippen LogP contribution in [0.25, 0.3) is 0 Å². The van der Waals surface area contributed by atoms with Gasteiger partial charge in [-0.05, 0) is 50.9 Å². The van der Waals surface area contributed by atoms with Crippen LogP contribution in [0.1, 0.15) is 58.8 Å². The van der Waals surface area contributed by atoms with Crippen LogP contribution in [-0.2, 0) is 9.47 Å². The zero-order valence-corrected chi connectivity index (χ0v) is 12.3. The van der Waals surface area contributed by atoms with Gasteiger partial charge in [0, 0.05) is 12.3 Å². The summed E-state index contributed by atoms with van der Waals surface area (Å²) >= 11 is 0. The van der Waals surface area contributed by atoms with E-state index in [4.69, 9.17) is 9.47 Å². The Morgan fingerprint density at radius 2 is 1.89 bits per heavy atom. The van der Waals surface area contributed by atoms with Crippen LogP contribution in [0.15, 0.2) is 0 Å². The lowest BCUT2D eigenvalue weighted by atomic mass is 9.87. The zero-order chi connectivity index (χ0) is 13.4. The molecule has 7 unspecified atom stereocenters. The molecule has 2 saturated carbocycles. The molecule has 3 fully saturated rings. The molecule has 1 aliphatic heterocycles. The summed E-state index contributed by atoms with van der Waals surface area (Å²) in [5, 5.41) is 9.60. The summed E-state index contributed by atoms with van der Waals surface area (Å²) in [6.07, 6.45) is 8.45. The van der Waals surface area contributed by atoms with Gasteiger partial charge in [0.2, 0.25) is 0 Å². The van der Waals surface area contributed by atoms with Crippen molar-refractivity contribution in [2.45, 2.75) is 83.4 Å². The zero-order valence-electron chi connectivity index (χ0n) is 12.3. The highest BCUT2D eigenvalue weighted by atomic mass is 16.7. The van der Waals surface area contributed by atoms with E-state index in [1.54, 1.807) is 0 Å². The van der Waals surface area contributed by atoms with E-state index in [9.17, 15) is 5.11 Å². The van der Waals surface area contributed by atoms with Gasteiger partial charge in [-0.3, -0.25) is 0 Å². The first-order valence-electron chi connectivity index (χ1n) is 8.14. The van der Waals surface area contributed by atoms with Gasteiger partial charge in [-0.2, -0.15) is 0 Å². The Kier molecular flexibility index (Phi) is 4.16. The fourth-order valence-corrected chi connectivity index (χ4v) is 4.44. The van der Waals surface area contributed by atoms with Crippen LogP contribution in [-0.4, -0.2) is 29.7 Å². The average Bonchev–Trinajstić information content (AvgIpc) is 2.99. The van der Waals surface area contributed by atoms with Gasteiger partial charge in [-0.1, -0.05) is 13.3 Å². The monoisotopic (exact) mass is 268 g/mol. The molecule has 1 heterocycles. The highest BCUT2D eigenvalue weighted by Gasteiger charge is 2.46. The first-order valence-corrected chi connectivity index (χ1v) is 8.14. The number of hydrogen-bond acceptors (Lipinski definition) is 3. The molecule has 2 bridgehead atoms. The van der Waals surface area contributed by atoms with Gasteiger partial charge in [0.15, 0.2) is 6.29 Å². The molecular weight excluding hydrogens is 240 g/mol. The number of aliphatic hydroxyl groups is 1. The largest absolute Gasteiger partial charge is 0.393 e. The van der Waals surface area contributed by atoms with Crippen molar-refractivity contribution in [1.82, 2.24) is 0 Å². The number of aliphatic hydroxyl groups excluding tert-OH is 1. The highest BCUT2D eigenvalue weighted by molar-refractivity contribution is 4.92. The topological polar surface area (TPSA) is 38.7 Å². The number of hydrogen-bond donors (Lipinski definition) is 1. The van der Waals surface area contributed by atoms with Gasteiger partial charge in [-0.15, -0.1) is 0 Å². The molecule has 3 rings (SSSR count). The molecule has 0 spiro atoms. The fraction of sp³-hybridized carbons (Fsp3) is 1.00. The molecule has 3 nitrogen and oxygen atoms in total. The van der Waals surface area contributed by atoms with E-state index >= 15 is 0 Å². The summed E-state index contributed by atoms with van der Waals surface area (Å²) in [4.78, 5) is 0. The first kappa shape index (κ1) is 13.8. The van der Waals surface area contributed by atoms with Crippen molar-refractivity contribution < 1.29 is 14.6 Å². The minimum absolute atomic E-state index is 0.00208. The van der Waals surface area contributed by atoms with Gasteiger partial charge in [-0.25, -0.2) is 0 Å². The maximum Gasteiger partial charge on any atom is 0.161 e. The molecule has 0 aromatic heterocycles. The van der Waals surface area contributed by atoms with Crippen LogP contribution in [0, 0.1) is 17.8 Å². The van der Waals surface area contributed by atoms with Crippen LogP contribution in [0.3, 0.4) is 0 Å². The maximum atomic E-state index is 9.60. The van der Waals surface area contributed by atoms with Crippen molar-refractivity contribution in [3.05, 3.63) is 0 Å². The van der Waals surface area contributed by atoms with Gasteiger partial charge in [0.05, 0.1) is 18.3 Å². The molecule has 1 N–H and O–H groups in total. The standard InChI is InChI=1S/C16H28O3/c1-3-13-9-14(6-10(2)17)19-16(18-13)15-8-11-4-5-12(15)7-11/h10-17H,3-9H2,1-2H3. The third-order valence-electron chi connectivity index (χ3n) is 5.38. The predicted molar refractivity (Wildman–Crippen MR) is 73.7 cm³/mol. The molecule has 19 heavy (non-hydrogen) atoms. The van der Waals surface area contributed by atoms with E-state index in [0.717, 1.165) is 31.1 Å². The Balaban J connectivity index is 1.63. The lowest BCUT2D eigenvalue weighted by molar-refractivity contribution is -0.272. The van der Waals surface area contributed by atoms with E-state index in [-0.39, 0.29) is 18.5 Å². The molecule has 0 amide bonds. The Labute approximate surface area is 116 Å². The molecule has 1 saturated heterocycles. The summed E-state index contributed by atoms with van der Waals surface area (Å²) in [6.45, 7) is 4.04. The SMILES string of the molecule is CCC1CC(CC(C)O)OC(C2CC3CCC2C3)O1. The van der Waals surface area contributed by atoms with Crippen LogP contribution in [0.4, 0.5) is 0 Å². The maximum absolute atomic E-state index is 9.60.